The standard InChI is InChI=1S/C18H17NO6S/c1-3-25-18(24)13-10(2)14(11-7-5-4-6-8-11)26-15(13)19-9-12(16(20)21)17(22)23/h4-9,19H,3H2,1-2H3,(H,20,21)(H,22,23). The summed E-state index contributed by atoms with van der Waals surface area (Å²) in [4.78, 5) is 35.1. The van der Waals surface area contributed by atoms with Gasteiger partial charge in [-0.25, -0.2) is 14.4 Å². The number of carboxylic acids is 2. The monoisotopic (exact) mass is 375 g/mol. The highest BCUT2D eigenvalue weighted by molar-refractivity contribution is 7.20. The molecule has 1 heterocycles. The first kappa shape index (κ1) is 19.2. The van der Waals surface area contributed by atoms with E-state index in [1.807, 2.05) is 30.3 Å². The fraction of sp³-hybridized carbons (Fsp3) is 0.167. The molecule has 0 aliphatic rings. The predicted molar refractivity (Wildman–Crippen MR) is 97.4 cm³/mol. The van der Waals surface area contributed by atoms with Gasteiger partial charge >= 0.3 is 17.9 Å². The molecule has 2 aromatic rings. The van der Waals surface area contributed by atoms with Gasteiger partial charge in [0.25, 0.3) is 0 Å². The molecule has 0 aliphatic heterocycles. The summed E-state index contributed by atoms with van der Waals surface area (Å²) in [5.74, 6) is -3.73. The highest BCUT2D eigenvalue weighted by Gasteiger charge is 2.23. The summed E-state index contributed by atoms with van der Waals surface area (Å²) in [6.45, 7) is 3.62. The Hall–Kier alpha value is -3.13. The van der Waals surface area contributed by atoms with Crippen LogP contribution in [0.3, 0.4) is 0 Å². The molecule has 0 aliphatic carbocycles. The Kier molecular flexibility index (Phi) is 6.13. The average molecular weight is 375 g/mol. The van der Waals surface area contributed by atoms with Crippen LogP contribution in [0.25, 0.3) is 10.4 Å². The number of hydrogen-bond acceptors (Lipinski definition) is 6. The third kappa shape index (κ3) is 4.09. The Labute approximate surface area is 153 Å². The fourth-order valence-corrected chi connectivity index (χ4v) is 3.45. The van der Waals surface area contributed by atoms with E-state index in [4.69, 9.17) is 14.9 Å². The van der Waals surface area contributed by atoms with Crippen molar-refractivity contribution >= 4 is 34.2 Å². The number of anilines is 1. The van der Waals surface area contributed by atoms with E-state index in [1.165, 1.54) is 11.3 Å². The Morgan fingerprint density at radius 2 is 1.77 bits per heavy atom. The molecule has 0 amide bonds. The van der Waals surface area contributed by atoms with Gasteiger partial charge in [-0.1, -0.05) is 30.3 Å². The number of nitrogens with one attached hydrogen (secondary N) is 1. The maximum Gasteiger partial charge on any atom is 0.344 e. The molecule has 0 radical (unpaired) electrons. The second-order valence-electron chi connectivity index (χ2n) is 5.16. The summed E-state index contributed by atoms with van der Waals surface area (Å²) in [5.41, 5.74) is 0.964. The van der Waals surface area contributed by atoms with Crippen molar-refractivity contribution in [2.75, 3.05) is 11.9 Å². The number of carbonyl (C=O) groups excluding carboxylic acids is 1. The molecular weight excluding hydrogens is 358 g/mol. The van der Waals surface area contributed by atoms with Crippen molar-refractivity contribution in [3.05, 3.63) is 53.2 Å². The minimum absolute atomic E-state index is 0.180. The lowest BCUT2D eigenvalue weighted by molar-refractivity contribution is -0.140. The van der Waals surface area contributed by atoms with Gasteiger partial charge in [-0.2, -0.15) is 0 Å². The lowest BCUT2D eigenvalue weighted by atomic mass is 10.1. The maximum atomic E-state index is 12.3. The van der Waals surface area contributed by atoms with Crippen LogP contribution in [0, 0.1) is 6.92 Å². The number of ether oxygens (including phenoxy) is 1. The number of benzene rings is 1. The first-order valence-electron chi connectivity index (χ1n) is 7.66. The van der Waals surface area contributed by atoms with E-state index in [0.717, 1.165) is 16.6 Å². The quantitative estimate of drug-likeness (QED) is 0.294. The molecule has 0 saturated heterocycles. The van der Waals surface area contributed by atoms with Crippen LogP contribution in [-0.4, -0.2) is 34.7 Å². The van der Waals surface area contributed by atoms with Crippen LogP contribution in [0.4, 0.5) is 5.00 Å². The summed E-state index contributed by atoms with van der Waals surface area (Å²) in [5, 5.41) is 20.8. The van der Waals surface area contributed by atoms with Crippen LogP contribution < -0.4 is 5.32 Å². The first-order chi connectivity index (χ1) is 12.4. The molecule has 0 bridgehead atoms. The Bertz CT molecular complexity index is 853. The molecule has 1 aromatic carbocycles. The maximum absolute atomic E-state index is 12.3. The Morgan fingerprint density at radius 3 is 2.31 bits per heavy atom. The van der Waals surface area contributed by atoms with Crippen molar-refractivity contribution < 1.29 is 29.3 Å². The lowest BCUT2D eigenvalue weighted by Gasteiger charge is -2.05. The lowest BCUT2D eigenvalue weighted by Crippen LogP contribution is -2.13. The van der Waals surface area contributed by atoms with E-state index in [-0.39, 0.29) is 12.2 Å². The molecule has 3 N–H and O–H groups in total. The van der Waals surface area contributed by atoms with Crippen LogP contribution in [0.15, 0.2) is 42.1 Å². The Morgan fingerprint density at radius 1 is 1.15 bits per heavy atom. The predicted octanol–water partition coefficient (Wildman–Crippen LogP) is 3.37. The minimum atomic E-state index is -1.58. The number of esters is 1. The van der Waals surface area contributed by atoms with Gasteiger partial charge in [0.05, 0.1) is 12.2 Å². The average Bonchev–Trinajstić information content (AvgIpc) is 2.92. The molecule has 0 atom stereocenters. The molecule has 7 nitrogen and oxygen atoms in total. The molecule has 1 aromatic heterocycles. The molecule has 0 unspecified atom stereocenters. The van der Waals surface area contributed by atoms with Gasteiger partial charge in [0.2, 0.25) is 0 Å². The molecule has 0 spiro atoms. The van der Waals surface area contributed by atoms with Gasteiger partial charge in [-0.3, -0.25) is 0 Å². The molecule has 8 heteroatoms. The zero-order chi connectivity index (χ0) is 19.3. The highest BCUT2D eigenvalue weighted by Crippen LogP contribution is 2.40. The van der Waals surface area contributed by atoms with Crippen molar-refractivity contribution in [3.63, 3.8) is 0 Å². The molecular formula is C18H17NO6S. The van der Waals surface area contributed by atoms with E-state index in [0.29, 0.717) is 10.6 Å². The number of hydrogen-bond donors (Lipinski definition) is 3. The third-order valence-corrected chi connectivity index (χ3v) is 4.74. The zero-order valence-corrected chi connectivity index (χ0v) is 14.9. The van der Waals surface area contributed by atoms with E-state index >= 15 is 0 Å². The second kappa shape index (κ2) is 8.30. The van der Waals surface area contributed by atoms with E-state index < -0.39 is 23.5 Å². The smallest absolute Gasteiger partial charge is 0.344 e. The van der Waals surface area contributed by atoms with Crippen LogP contribution >= 0.6 is 11.3 Å². The van der Waals surface area contributed by atoms with Crippen LogP contribution in [-0.2, 0) is 14.3 Å². The fourth-order valence-electron chi connectivity index (χ4n) is 2.28. The minimum Gasteiger partial charge on any atom is -0.477 e. The largest absolute Gasteiger partial charge is 0.477 e. The van der Waals surface area contributed by atoms with Gasteiger partial charge in [-0.05, 0) is 25.0 Å². The van der Waals surface area contributed by atoms with Crippen molar-refractivity contribution in [3.8, 4) is 10.4 Å². The third-order valence-electron chi connectivity index (χ3n) is 3.47. The zero-order valence-electron chi connectivity index (χ0n) is 14.1. The highest BCUT2D eigenvalue weighted by atomic mass is 32.1. The van der Waals surface area contributed by atoms with E-state index in [1.54, 1.807) is 13.8 Å². The number of carboxylic acid groups (broad SMARTS) is 2. The van der Waals surface area contributed by atoms with Crippen molar-refractivity contribution in [1.82, 2.24) is 0 Å². The van der Waals surface area contributed by atoms with E-state index in [2.05, 4.69) is 5.32 Å². The van der Waals surface area contributed by atoms with E-state index in [9.17, 15) is 14.4 Å². The molecule has 0 saturated carbocycles. The number of aliphatic carboxylic acids is 2. The normalized spacial score (nSPS) is 10.1. The second-order valence-corrected chi connectivity index (χ2v) is 6.18. The van der Waals surface area contributed by atoms with Crippen molar-refractivity contribution in [2.24, 2.45) is 0 Å². The number of rotatable bonds is 7. The van der Waals surface area contributed by atoms with Gasteiger partial charge in [0.1, 0.15) is 5.00 Å². The summed E-state index contributed by atoms with van der Waals surface area (Å²) in [6, 6.07) is 9.35. The Balaban J connectivity index is 2.53. The van der Waals surface area contributed by atoms with Crippen LogP contribution in [0.5, 0.6) is 0 Å². The van der Waals surface area contributed by atoms with Gasteiger partial charge in [0, 0.05) is 11.1 Å². The van der Waals surface area contributed by atoms with Crippen LogP contribution in [0.1, 0.15) is 22.8 Å². The molecule has 26 heavy (non-hydrogen) atoms. The summed E-state index contributed by atoms with van der Waals surface area (Å²) >= 11 is 1.22. The molecule has 136 valence electrons. The van der Waals surface area contributed by atoms with Gasteiger partial charge in [0.15, 0.2) is 5.57 Å². The van der Waals surface area contributed by atoms with Crippen molar-refractivity contribution in [2.45, 2.75) is 13.8 Å². The molecule has 2 rings (SSSR count). The number of thiophene rings is 1. The van der Waals surface area contributed by atoms with Crippen molar-refractivity contribution in [1.29, 1.82) is 0 Å². The summed E-state index contributed by atoms with van der Waals surface area (Å²) in [7, 11) is 0. The van der Waals surface area contributed by atoms with Gasteiger partial charge < -0.3 is 20.3 Å². The molecule has 0 fully saturated rings. The summed E-state index contributed by atoms with van der Waals surface area (Å²) in [6.07, 6.45) is 0.855. The van der Waals surface area contributed by atoms with Gasteiger partial charge in [-0.15, -0.1) is 11.3 Å². The number of carbonyl (C=O) groups is 3. The topological polar surface area (TPSA) is 113 Å². The van der Waals surface area contributed by atoms with Crippen LogP contribution in [0.2, 0.25) is 0 Å². The first-order valence-corrected chi connectivity index (χ1v) is 8.47. The summed E-state index contributed by atoms with van der Waals surface area (Å²) < 4.78 is 5.07. The SMILES string of the molecule is CCOC(=O)c1c(NC=C(C(=O)O)C(=O)O)sc(-c2ccccc2)c1C.